The average Bonchev–Trinajstić information content (AvgIpc) is 3.08. The zero-order valence-corrected chi connectivity index (χ0v) is 12.2. The molecule has 0 radical (unpaired) electrons. The first-order chi connectivity index (χ1) is 10.1. The Morgan fingerprint density at radius 3 is 2.81 bits per heavy atom. The first-order valence-corrected chi connectivity index (χ1v) is 7.48. The van der Waals surface area contributed by atoms with Crippen LogP contribution in [-0.4, -0.2) is 18.5 Å². The first kappa shape index (κ1) is 13.9. The van der Waals surface area contributed by atoms with Crippen molar-refractivity contribution >= 4 is 11.4 Å². The van der Waals surface area contributed by atoms with Crippen LogP contribution in [0.1, 0.15) is 31.2 Å². The van der Waals surface area contributed by atoms with Gasteiger partial charge in [0.25, 0.3) is 5.69 Å². The summed E-state index contributed by atoms with van der Waals surface area (Å²) < 4.78 is 0. The van der Waals surface area contributed by atoms with Crippen molar-refractivity contribution in [3.05, 3.63) is 33.9 Å². The molecule has 1 aromatic rings. The molecule has 2 saturated carbocycles. The van der Waals surface area contributed by atoms with Gasteiger partial charge in [-0.2, -0.15) is 5.26 Å². The van der Waals surface area contributed by atoms with Crippen LogP contribution in [0.4, 0.5) is 11.4 Å². The van der Waals surface area contributed by atoms with E-state index < -0.39 is 4.92 Å². The average molecular weight is 285 g/mol. The summed E-state index contributed by atoms with van der Waals surface area (Å²) in [6.45, 7) is 0.976. The Hall–Kier alpha value is -2.09. The second kappa shape index (κ2) is 5.36. The van der Waals surface area contributed by atoms with E-state index in [4.69, 9.17) is 5.26 Å². The quantitative estimate of drug-likeness (QED) is 0.628. The second-order valence-electron chi connectivity index (χ2n) is 6.39. The Morgan fingerprint density at radius 2 is 2.24 bits per heavy atom. The number of nitro benzene ring substituents is 1. The Balaban J connectivity index is 1.74. The van der Waals surface area contributed by atoms with Gasteiger partial charge in [-0.3, -0.25) is 10.1 Å². The third-order valence-electron chi connectivity index (χ3n) is 5.13. The fourth-order valence-corrected chi connectivity index (χ4v) is 4.07. The van der Waals surface area contributed by atoms with E-state index in [0.717, 1.165) is 30.0 Å². The van der Waals surface area contributed by atoms with E-state index in [1.165, 1.54) is 31.7 Å². The predicted molar refractivity (Wildman–Crippen MR) is 80.0 cm³/mol. The summed E-state index contributed by atoms with van der Waals surface area (Å²) in [6.07, 6.45) is 5.43. The van der Waals surface area contributed by atoms with Gasteiger partial charge in [-0.15, -0.1) is 0 Å². The van der Waals surface area contributed by atoms with Gasteiger partial charge in [0.05, 0.1) is 4.92 Å². The first-order valence-electron chi connectivity index (χ1n) is 7.48. The van der Waals surface area contributed by atoms with Crippen molar-refractivity contribution < 1.29 is 4.92 Å². The normalized spacial score (nSPS) is 26.6. The topological polar surface area (TPSA) is 70.2 Å². The summed E-state index contributed by atoms with van der Waals surface area (Å²) in [7, 11) is 2.01. The standard InChI is InChI=1S/C16H19N3O2/c1-18(10-14-7-11-2-3-12(14)6-11)15-4-5-16(19(20)21)13(8-15)9-17/h4-5,8,11-12,14H,2-3,6-7,10H2,1H3. The Bertz CT molecular complexity index is 608. The van der Waals surface area contributed by atoms with Gasteiger partial charge in [0.15, 0.2) is 0 Å². The molecular formula is C16H19N3O2. The minimum Gasteiger partial charge on any atom is -0.374 e. The maximum absolute atomic E-state index is 10.9. The number of nitriles is 1. The lowest BCUT2D eigenvalue weighted by atomic mass is 9.88. The molecule has 0 N–H and O–H groups in total. The number of fused-ring (bicyclic) bond motifs is 2. The molecule has 2 bridgehead atoms. The van der Waals surface area contributed by atoms with Crippen LogP contribution in [0.15, 0.2) is 18.2 Å². The van der Waals surface area contributed by atoms with E-state index in [9.17, 15) is 10.1 Å². The molecule has 110 valence electrons. The summed E-state index contributed by atoms with van der Waals surface area (Å²) in [5.74, 6) is 2.50. The molecule has 1 aromatic carbocycles. The molecule has 3 unspecified atom stereocenters. The van der Waals surface area contributed by atoms with Crippen molar-refractivity contribution in [1.82, 2.24) is 0 Å². The van der Waals surface area contributed by atoms with Crippen molar-refractivity contribution in [3.63, 3.8) is 0 Å². The second-order valence-corrected chi connectivity index (χ2v) is 6.39. The SMILES string of the molecule is CN(CC1CC2CCC1C2)c1ccc([N+](=O)[O-])c(C#N)c1. The smallest absolute Gasteiger partial charge is 0.287 e. The minimum atomic E-state index is -0.502. The predicted octanol–water partition coefficient (Wildman–Crippen LogP) is 3.34. The highest BCUT2D eigenvalue weighted by molar-refractivity contribution is 5.59. The molecule has 5 heteroatoms. The van der Waals surface area contributed by atoms with E-state index in [1.807, 2.05) is 13.1 Å². The summed E-state index contributed by atoms with van der Waals surface area (Å²) in [6, 6.07) is 6.73. The molecule has 0 aromatic heterocycles. The number of nitrogens with zero attached hydrogens (tertiary/aromatic N) is 3. The molecule has 3 atom stereocenters. The Morgan fingerprint density at radius 1 is 1.43 bits per heavy atom. The monoisotopic (exact) mass is 285 g/mol. The fourth-order valence-electron chi connectivity index (χ4n) is 4.07. The van der Waals surface area contributed by atoms with Crippen LogP contribution >= 0.6 is 0 Å². The molecule has 0 amide bonds. The molecule has 2 aliphatic rings. The molecule has 0 saturated heterocycles. The van der Waals surface area contributed by atoms with Gasteiger partial charge >= 0.3 is 0 Å². The summed E-state index contributed by atoms with van der Waals surface area (Å²) in [5.41, 5.74) is 0.909. The van der Waals surface area contributed by atoms with Crippen LogP contribution in [0.5, 0.6) is 0 Å². The lowest BCUT2D eigenvalue weighted by Crippen LogP contribution is -2.28. The lowest BCUT2D eigenvalue weighted by molar-refractivity contribution is -0.385. The molecule has 3 rings (SSSR count). The highest BCUT2D eigenvalue weighted by Crippen LogP contribution is 2.48. The maximum atomic E-state index is 10.9. The van der Waals surface area contributed by atoms with Gasteiger partial charge in [0.1, 0.15) is 11.6 Å². The highest BCUT2D eigenvalue weighted by atomic mass is 16.6. The van der Waals surface area contributed by atoms with Crippen molar-refractivity contribution in [1.29, 1.82) is 5.26 Å². The van der Waals surface area contributed by atoms with Gasteiger partial charge in [0.2, 0.25) is 0 Å². The Labute approximate surface area is 124 Å². The molecule has 0 spiro atoms. The molecule has 0 aliphatic heterocycles. The molecule has 2 fully saturated rings. The largest absolute Gasteiger partial charge is 0.374 e. The highest BCUT2D eigenvalue weighted by Gasteiger charge is 2.39. The van der Waals surface area contributed by atoms with Crippen molar-refractivity contribution in [2.24, 2.45) is 17.8 Å². The van der Waals surface area contributed by atoms with E-state index in [1.54, 1.807) is 12.1 Å². The number of nitro groups is 1. The van der Waals surface area contributed by atoms with Crippen molar-refractivity contribution in [2.75, 3.05) is 18.5 Å². The number of hydrogen-bond acceptors (Lipinski definition) is 4. The van der Waals surface area contributed by atoms with E-state index in [-0.39, 0.29) is 11.3 Å². The summed E-state index contributed by atoms with van der Waals surface area (Å²) in [5, 5.41) is 19.9. The van der Waals surface area contributed by atoms with Crippen LogP contribution in [0.3, 0.4) is 0 Å². The van der Waals surface area contributed by atoms with Gasteiger partial charge in [0, 0.05) is 25.3 Å². The number of rotatable bonds is 4. The van der Waals surface area contributed by atoms with Gasteiger partial charge in [-0.05, 0) is 49.1 Å². The van der Waals surface area contributed by atoms with Crippen LogP contribution < -0.4 is 4.90 Å². The van der Waals surface area contributed by atoms with Crippen molar-refractivity contribution in [3.8, 4) is 6.07 Å². The van der Waals surface area contributed by atoms with Crippen molar-refractivity contribution in [2.45, 2.75) is 25.7 Å². The summed E-state index contributed by atoms with van der Waals surface area (Å²) in [4.78, 5) is 12.5. The molecule has 21 heavy (non-hydrogen) atoms. The number of hydrogen-bond donors (Lipinski definition) is 0. The van der Waals surface area contributed by atoms with Gasteiger partial charge < -0.3 is 4.90 Å². The van der Waals surface area contributed by atoms with Gasteiger partial charge in [-0.1, -0.05) is 6.42 Å². The number of anilines is 1. The zero-order chi connectivity index (χ0) is 15.0. The number of benzene rings is 1. The molecular weight excluding hydrogens is 266 g/mol. The summed E-state index contributed by atoms with van der Waals surface area (Å²) >= 11 is 0. The van der Waals surface area contributed by atoms with E-state index in [0.29, 0.717) is 0 Å². The van der Waals surface area contributed by atoms with Crippen LogP contribution in [0, 0.1) is 39.2 Å². The molecule has 2 aliphatic carbocycles. The Kier molecular flexibility index (Phi) is 3.54. The van der Waals surface area contributed by atoms with Gasteiger partial charge in [-0.25, -0.2) is 0 Å². The third kappa shape index (κ3) is 2.58. The lowest BCUT2D eigenvalue weighted by Gasteiger charge is -2.28. The maximum Gasteiger partial charge on any atom is 0.287 e. The van der Waals surface area contributed by atoms with E-state index in [2.05, 4.69) is 4.90 Å². The van der Waals surface area contributed by atoms with Crippen LogP contribution in [-0.2, 0) is 0 Å². The molecule has 5 nitrogen and oxygen atoms in total. The minimum absolute atomic E-state index is 0.116. The third-order valence-corrected chi connectivity index (χ3v) is 5.13. The zero-order valence-electron chi connectivity index (χ0n) is 12.2. The van der Waals surface area contributed by atoms with Crippen LogP contribution in [0.25, 0.3) is 0 Å². The van der Waals surface area contributed by atoms with E-state index >= 15 is 0 Å². The van der Waals surface area contributed by atoms with Crippen LogP contribution in [0.2, 0.25) is 0 Å². The fraction of sp³-hybridized carbons (Fsp3) is 0.562. The molecule has 0 heterocycles.